The van der Waals surface area contributed by atoms with E-state index in [1.165, 1.54) is 0 Å². The number of amides is 1. The van der Waals surface area contributed by atoms with Gasteiger partial charge in [-0.15, -0.1) is 0 Å². The quantitative estimate of drug-likeness (QED) is 0.692. The summed E-state index contributed by atoms with van der Waals surface area (Å²) in [5.74, 6) is -0.915. The number of rotatable bonds is 6. The van der Waals surface area contributed by atoms with E-state index in [9.17, 15) is 9.59 Å². The second kappa shape index (κ2) is 6.75. The minimum absolute atomic E-state index is 0.0390. The molecule has 2 fully saturated rings. The first kappa shape index (κ1) is 16.2. The molecule has 2 rings (SSSR count). The maximum atomic E-state index is 12.4. The van der Waals surface area contributed by atoms with E-state index in [1.54, 1.807) is 11.8 Å². The van der Waals surface area contributed by atoms with Crippen molar-refractivity contribution in [2.75, 3.05) is 26.4 Å². The summed E-state index contributed by atoms with van der Waals surface area (Å²) in [6.07, 6.45) is 2.19. The second-order valence-electron chi connectivity index (χ2n) is 5.92. The first-order valence-corrected chi connectivity index (χ1v) is 7.69. The van der Waals surface area contributed by atoms with Crippen LogP contribution in [0.25, 0.3) is 0 Å². The third-order valence-corrected chi connectivity index (χ3v) is 4.24. The summed E-state index contributed by atoms with van der Waals surface area (Å²) >= 11 is 0. The van der Waals surface area contributed by atoms with Gasteiger partial charge in [-0.2, -0.15) is 0 Å². The highest BCUT2D eigenvalue weighted by atomic mass is 16.7. The molecule has 0 aliphatic carbocycles. The Morgan fingerprint density at radius 1 is 1.43 bits per heavy atom. The lowest BCUT2D eigenvalue weighted by molar-refractivity contribution is -0.153. The maximum Gasteiger partial charge on any atom is 0.325 e. The lowest BCUT2D eigenvalue weighted by atomic mass is 9.97. The first-order chi connectivity index (χ1) is 9.95. The Balaban J connectivity index is 1.85. The first-order valence-electron chi connectivity index (χ1n) is 7.69. The van der Waals surface area contributed by atoms with Crippen molar-refractivity contribution in [2.45, 2.75) is 51.9 Å². The Morgan fingerprint density at radius 3 is 2.71 bits per heavy atom. The molecule has 120 valence electrons. The molecule has 2 saturated heterocycles. The fraction of sp³-hybridized carbons (Fsp3) is 0.867. The Morgan fingerprint density at radius 2 is 2.10 bits per heavy atom. The van der Waals surface area contributed by atoms with Crippen LogP contribution in [-0.4, -0.2) is 55.0 Å². The van der Waals surface area contributed by atoms with Gasteiger partial charge in [-0.1, -0.05) is 0 Å². The van der Waals surface area contributed by atoms with Crippen molar-refractivity contribution < 1.29 is 23.8 Å². The van der Waals surface area contributed by atoms with Crippen LogP contribution in [0.3, 0.4) is 0 Å². The van der Waals surface area contributed by atoms with Gasteiger partial charge in [0.15, 0.2) is 5.79 Å². The number of hydrogen-bond donors (Lipinski definition) is 0. The SMILES string of the molecule is CCOC(=O)CN1C(=O)[C@@H](CCC2(C)OCCO2)C[C@H]1C. The Kier molecular flexibility index (Phi) is 5.22. The third kappa shape index (κ3) is 3.95. The van der Waals surface area contributed by atoms with E-state index in [4.69, 9.17) is 14.2 Å². The van der Waals surface area contributed by atoms with Crippen molar-refractivity contribution in [3.63, 3.8) is 0 Å². The molecule has 6 heteroatoms. The third-order valence-electron chi connectivity index (χ3n) is 4.24. The van der Waals surface area contributed by atoms with Crippen LogP contribution in [0.1, 0.15) is 40.0 Å². The number of hydrogen-bond acceptors (Lipinski definition) is 5. The average molecular weight is 299 g/mol. The highest BCUT2D eigenvalue weighted by Gasteiger charge is 2.40. The molecule has 2 aliphatic heterocycles. The highest BCUT2D eigenvalue weighted by molar-refractivity contribution is 5.85. The van der Waals surface area contributed by atoms with Crippen molar-refractivity contribution in [1.82, 2.24) is 4.90 Å². The van der Waals surface area contributed by atoms with Crippen molar-refractivity contribution in [3.8, 4) is 0 Å². The Bertz CT molecular complexity index is 392. The van der Waals surface area contributed by atoms with Crippen LogP contribution in [0, 0.1) is 5.92 Å². The van der Waals surface area contributed by atoms with Crippen LogP contribution in [0.2, 0.25) is 0 Å². The number of nitrogens with zero attached hydrogens (tertiary/aromatic N) is 1. The summed E-state index contributed by atoms with van der Waals surface area (Å²) in [6.45, 7) is 7.26. The molecule has 0 spiro atoms. The summed E-state index contributed by atoms with van der Waals surface area (Å²) < 4.78 is 16.0. The number of ether oxygens (including phenoxy) is 3. The van der Waals surface area contributed by atoms with Gasteiger partial charge in [0.05, 0.1) is 19.8 Å². The minimum Gasteiger partial charge on any atom is -0.465 e. The molecule has 6 nitrogen and oxygen atoms in total. The molecule has 21 heavy (non-hydrogen) atoms. The highest BCUT2D eigenvalue weighted by Crippen LogP contribution is 2.32. The summed E-state index contributed by atoms with van der Waals surface area (Å²) in [4.78, 5) is 25.6. The van der Waals surface area contributed by atoms with Gasteiger partial charge in [-0.05, 0) is 33.6 Å². The Labute approximate surface area is 125 Å². The number of carbonyl (C=O) groups excluding carboxylic acids is 2. The van der Waals surface area contributed by atoms with E-state index in [2.05, 4.69) is 0 Å². The molecule has 0 unspecified atom stereocenters. The molecule has 0 N–H and O–H groups in total. The maximum absolute atomic E-state index is 12.4. The molecular weight excluding hydrogens is 274 g/mol. The van der Waals surface area contributed by atoms with Gasteiger partial charge in [0.2, 0.25) is 5.91 Å². The van der Waals surface area contributed by atoms with Gasteiger partial charge in [0.1, 0.15) is 6.54 Å². The zero-order chi connectivity index (χ0) is 15.5. The number of likely N-dealkylation sites (tertiary alicyclic amines) is 1. The molecule has 2 aliphatic rings. The fourth-order valence-electron chi connectivity index (χ4n) is 3.05. The average Bonchev–Trinajstić information content (AvgIpc) is 2.97. The zero-order valence-corrected chi connectivity index (χ0v) is 13.1. The Hall–Kier alpha value is -1.14. The van der Waals surface area contributed by atoms with Crippen molar-refractivity contribution in [3.05, 3.63) is 0 Å². The van der Waals surface area contributed by atoms with Gasteiger partial charge in [-0.25, -0.2) is 0 Å². The van der Waals surface area contributed by atoms with Crippen LogP contribution in [0.4, 0.5) is 0 Å². The standard InChI is InChI=1S/C15H25NO5/c1-4-19-13(17)10-16-11(2)9-12(14(16)18)5-6-15(3)20-7-8-21-15/h11-12H,4-10H2,1-3H3/t11-,12+/m1/s1. The van der Waals surface area contributed by atoms with Gasteiger partial charge >= 0.3 is 5.97 Å². The predicted molar refractivity (Wildman–Crippen MR) is 75.5 cm³/mol. The van der Waals surface area contributed by atoms with Crippen molar-refractivity contribution in [1.29, 1.82) is 0 Å². The molecule has 0 saturated carbocycles. The predicted octanol–water partition coefficient (Wildman–Crippen LogP) is 1.33. The topological polar surface area (TPSA) is 65.1 Å². The fourth-order valence-corrected chi connectivity index (χ4v) is 3.05. The normalized spacial score (nSPS) is 28.1. The number of carbonyl (C=O) groups is 2. The minimum atomic E-state index is -0.557. The molecule has 0 radical (unpaired) electrons. The van der Waals surface area contributed by atoms with E-state index in [0.717, 1.165) is 12.8 Å². The van der Waals surface area contributed by atoms with Crippen LogP contribution >= 0.6 is 0 Å². The molecule has 0 bridgehead atoms. The van der Waals surface area contributed by atoms with E-state index in [-0.39, 0.29) is 30.4 Å². The van der Waals surface area contributed by atoms with Gasteiger partial charge in [0.25, 0.3) is 0 Å². The van der Waals surface area contributed by atoms with E-state index in [1.807, 2.05) is 13.8 Å². The van der Waals surface area contributed by atoms with E-state index in [0.29, 0.717) is 26.2 Å². The van der Waals surface area contributed by atoms with Crippen LogP contribution in [0.15, 0.2) is 0 Å². The summed E-state index contributed by atoms with van der Waals surface area (Å²) in [7, 11) is 0. The monoisotopic (exact) mass is 299 g/mol. The van der Waals surface area contributed by atoms with Gasteiger partial charge in [0, 0.05) is 18.4 Å². The van der Waals surface area contributed by atoms with Crippen molar-refractivity contribution in [2.24, 2.45) is 5.92 Å². The lowest BCUT2D eigenvalue weighted by Crippen LogP contribution is -2.37. The van der Waals surface area contributed by atoms with E-state index >= 15 is 0 Å². The second-order valence-corrected chi connectivity index (χ2v) is 5.92. The zero-order valence-electron chi connectivity index (χ0n) is 13.1. The molecule has 0 aromatic carbocycles. The lowest BCUT2D eigenvalue weighted by Gasteiger charge is -2.23. The molecule has 2 heterocycles. The van der Waals surface area contributed by atoms with Gasteiger partial charge in [-0.3, -0.25) is 9.59 Å². The molecule has 2 atom stereocenters. The van der Waals surface area contributed by atoms with E-state index < -0.39 is 5.79 Å². The largest absolute Gasteiger partial charge is 0.465 e. The van der Waals surface area contributed by atoms with Crippen molar-refractivity contribution >= 4 is 11.9 Å². The smallest absolute Gasteiger partial charge is 0.325 e. The molecule has 0 aromatic heterocycles. The molecular formula is C15H25NO5. The van der Waals surface area contributed by atoms with Crippen LogP contribution < -0.4 is 0 Å². The molecule has 0 aromatic rings. The van der Waals surface area contributed by atoms with Crippen LogP contribution in [-0.2, 0) is 23.8 Å². The summed E-state index contributed by atoms with van der Waals surface area (Å²) in [6, 6.07) is 0.0742. The van der Waals surface area contributed by atoms with Crippen LogP contribution in [0.5, 0.6) is 0 Å². The van der Waals surface area contributed by atoms with Gasteiger partial charge < -0.3 is 19.1 Å². The molecule has 1 amide bonds. The number of esters is 1. The summed E-state index contributed by atoms with van der Waals surface area (Å²) in [5.41, 5.74) is 0. The summed E-state index contributed by atoms with van der Waals surface area (Å²) in [5, 5.41) is 0.